The van der Waals surface area contributed by atoms with Crippen molar-refractivity contribution in [2.24, 2.45) is 0 Å². The molecule has 1 heterocycles. The number of ether oxygens (including phenoxy) is 1. The minimum atomic E-state index is -0.547. The monoisotopic (exact) mass is 396 g/mol. The van der Waals surface area contributed by atoms with E-state index >= 15 is 0 Å². The first kappa shape index (κ1) is 19.3. The normalized spacial score (nSPS) is 10.2. The molecule has 0 aliphatic rings. The molecule has 0 saturated carbocycles. The summed E-state index contributed by atoms with van der Waals surface area (Å²) in [6.07, 6.45) is 2.81. The van der Waals surface area contributed by atoms with Gasteiger partial charge in [-0.2, -0.15) is 0 Å². The topological polar surface area (TPSA) is 93.2 Å². The molecule has 28 heavy (non-hydrogen) atoms. The summed E-state index contributed by atoms with van der Waals surface area (Å²) in [5, 5.41) is 0.643. The fraction of sp³-hybridized carbons (Fsp3) is 0.100. The van der Waals surface area contributed by atoms with Crippen molar-refractivity contribution in [1.29, 1.82) is 0 Å². The van der Waals surface area contributed by atoms with Crippen molar-refractivity contribution in [3.8, 4) is 5.75 Å². The Labute approximate surface area is 166 Å². The zero-order chi connectivity index (χ0) is 19.9. The number of aromatic nitrogens is 2. The third-order valence-corrected chi connectivity index (χ3v) is 3.99. The zero-order valence-corrected chi connectivity index (χ0v) is 15.7. The number of aryl methyl sites for hydroxylation is 1. The van der Waals surface area contributed by atoms with Crippen LogP contribution >= 0.6 is 11.6 Å². The van der Waals surface area contributed by atoms with Crippen LogP contribution in [0, 0.1) is 6.92 Å². The summed E-state index contributed by atoms with van der Waals surface area (Å²) < 4.78 is 5.65. The van der Waals surface area contributed by atoms with E-state index in [1.54, 1.807) is 55.5 Å². The Morgan fingerprint density at radius 2 is 1.61 bits per heavy atom. The first-order valence-corrected chi connectivity index (χ1v) is 8.76. The molecule has 2 amide bonds. The van der Waals surface area contributed by atoms with Crippen molar-refractivity contribution in [1.82, 2.24) is 20.8 Å². The van der Waals surface area contributed by atoms with E-state index in [4.69, 9.17) is 16.3 Å². The SMILES string of the molecule is Cc1cnc(C(=O)NNC(=O)c2ccc(COc3ccc(Cl)cc3)cc2)cn1. The standard InChI is InChI=1S/C20H17ClN4O3/c1-13-10-23-18(11-22-13)20(27)25-24-19(26)15-4-2-14(3-5-15)12-28-17-8-6-16(21)7-9-17/h2-11H,12H2,1H3,(H,24,26)(H,25,27). The van der Waals surface area contributed by atoms with Crippen LogP contribution in [0.2, 0.25) is 5.02 Å². The second-order valence-corrected chi connectivity index (χ2v) is 6.33. The second-order valence-electron chi connectivity index (χ2n) is 5.89. The van der Waals surface area contributed by atoms with Gasteiger partial charge in [0.15, 0.2) is 0 Å². The summed E-state index contributed by atoms with van der Waals surface area (Å²) in [4.78, 5) is 32.0. The van der Waals surface area contributed by atoms with E-state index in [9.17, 15) is 9.59 Å². The minimum Gasteiger partial charge on any atom is -0.489 e. The maximum Gasteiger partial charge on any atom is 0.289 e. The van der Waals surface area contributed by atoms with E-state index in [1.165, 1.54) is 12.4 Å². The molecule has 0 fully saturated rings. The summed E-state index contributed by atoms with van der Waals surface area (Å²) in [6.45, 7) is 2.12. The molecule has 1 aromatic heterocycles. The molecule has 0 radical (unpaired) electrons. The van der Waals surface area contributed by atoms with Gasteiger partial charge >= 0.3 is 0 Å². The van der Waals surface area contributed by atoms with Gasteiger partial charge in [0.1, 0.15) is 18.1 Å². The molecule has 0 unspecified atom stereocenters. The van der Waals surface area contributed by atoms with Crippen molar-refractivity contribution < 1.29 is 14.3 Å². The summed E-state index contributed by atoms with van der Waals surface area (Å²) in [5.41, 5.74) is 6.75. The molecule has 0 bridgehead atoms. The molecular weight excluding hydrogens is 380 g/mol. The van der Waals surface area contributed by atoms with Crippen LogP contribution < -0.4 is 15.6 Å². The number of carbonyl (C=O) groups excluding carboxylic acids is 2. The summed E-state index contributed by atoms with van der Waals surface area (Å²) in [5.74, 6) is -0.291. The van der Waals surface area contributed by atoms with Gasteiger partial charge in [-0.1, -0.05) is 23.7 Å². The van der Waals surface area contributed by atoms with Gasteiger partial charge in [-0.25, -0.2) is 4.98 Å². The maximum atomic E-state index is 12.2. The van der Waals surface area contributed by atoms with Gasteiger partial charge in [-0.05, 0) is 48.9 Å². The largest absolute Gasteiger partial charge is 0.489 e. The van der Waals surface area contributed by atoms with Crippen LogP contribution in [0.5, 0.6) is 5.75 Å². The zero-order valence-electron chi connectivity index (χ0n) is 15.0. The highest BCUT2D eigenvalue weighted by Crippen LogP contribution is 2.17. The highest BCUT2D eigenvalue weighted by Gasteiger charge is 2.10. The summed E-state index contributed by atoms with van der Waals surface area (Å²) in [6, 6.07) is 13.9. The van der Waals surface area contributed by atoms with E-state index in [2.05, 4.69) is 20.8 Å². The predicted molar refractivity (Wildman–Crippen MR) is 104 cm³/mol. The fourth-order valence-corrected chi connectivity index (χ4v) is 2.34. The second kappa shape index (κ2) is 8.96. The van der Waals surface area contributed by atoms with Gasteiger partial charge in [0, 0.05) is 16.8 Å². The number of hydrogen-bond acceptors (Lipinski definition) is 5. The number of rotatable bonds is 5. The molecule has 7 nitrogen and oxygen atoms in total. The Balaban J connectivity index is 1.51. The molecule has 3 rings (SSSR count). The number of amides is 2. The van der Waals surface area contributed by atoms with Crippen LogP contribution in [0.4, 0.5) is 0 Å². The number of hydrazine groups is 1. The Kier molecular flexibility index (Phi) is 6.18. The summed E-state index contributed by atoms with van der Waals surface area (Å²) in [7, 11) is 0. The minimum absolute atomic E-state index is 0.112. The van der Waals surface area contributed by atoms with Gasteiger partial charge in [0.25, 0.3) is 11.8 Å². The maximum absolute atomic E-state index is 12.2. The van der Waals surface area contributed by atoms with Gasteiger partial charge in [-0.15, -0.1) is 0 Å². The smallest absolute Gasteiger partial charge is 0.289 e. The van der Waals surface area contributed by atoms with Crippen LogP contribution in [0.3, 0.4) is 0 Å². The van der Waals surface area contributed by atoms with Gasteiger partial charge in [0.2, 0.25) is 0 Å². The molecule has 2 N–H and O–H groups in total. The van der Waals surface area contributed by atoms with Crippen molar-refractivity contribution in [2.45, 2.75) is 13.5 Å². The first-order chi connectivity index (χ1) is 13.5. The average Bonchev–Trinajstić information content (AvgIpc) is 2.72. The summed E-state index contributed by atoms with van der Waals surface area (Å²) >= 11 is 5.84. The van der Waals surface area contributed by atoms with Crippen LogP contribution in [0.1, 0.15) is 32.1 Å². The predicted octanol–water partition coefficient (Wildman–Crippen LogP) is 3.09. The van der Waals surface area contributed by atoms with Gasteiger partial charge in [0.05, 0.1) is 11.9 Å². The van der Waals surface area contributed by atoms with Gasteiger partial charge in [-0.3, -0.25) is 25.4 Å². The number of halogens is 1. The molecular formula is C20H17ClN4O3. The molecule has 2 aromatic carbocycles. The van der Waals surface area contributed by atoms with Crippen LogP contribution in [-0.4, -0.2) is 21.8 Å². The Morgan fingerprint density at radius 1 is 0.929 bits per heavy atom. The lowest BCUT2D eigenvalue weighted by atomic mass is 10.1. The molecule has 3 aromatic rings. The van der Waals surface area contributed by atoms with Crippen molar-refractivity contribution >= 4 is 23.4 Å². The highest BCUT2D eigenvalue weighted by molar-refractivity contribution is 6.30. The van der Waals surface area contributed by atoms with Crippen molar-refractivity contribution in [2.75, 3.05) is 0 Å². The first-order valence-electron chi connectivity index (χ1n) is 8.38. The Hall–Kier alpha value is -3.45. The number of nitrogens with one attached hydrogen (secondary N) is 2. The number of carbonyl (C=O) groups is 2. The average molecular weight is 397 g/mol. The quantitative estimate of drug-likeness (QED) is 0.646. The third-order valence-electron chi connectivity index (χ3n) is 3.74. The van der Waals surface area contributed by atoms with E-state index in [1.807, 2.05) is 0 Å². The molecule has 8 heteroatoms. The molecule has 0 saturated heterocycles. The molecule has 142 valence electrons. The van der Waals surface area contributed by atoms with Crippen LogP contribution in [-0.2, 0) is 6.61 Å². The lowest BCUT2D eigenvalue weighted by Gasteiger charge is -2.09. The lowest BCUT2D eigenvalue weighted by Crippen LogP contribution is -2.42. The van der Waals surface area contributed by atoms with Crippen molar-refractivity contribution in [3.05, 3.63) is 88.5 Å². The number of nitrogens with zero attached hydrogens (tertiary/aromatic N) is 2. The van der Waals surface area contributed by atoms with E-state index in [0.29, 0.717) is 28.6 Å². The Morgan fingerprint density at radius 3 is 2.25 bits per heavy atom. The number of hydrogen-bond donors (Lipinski definition) is 2. The third kappa shape index (κ3) is 5.28. The van der Waals surface area contributed by atoms with E-state index in [-0.39, 0.29) is 5.69 Å². The number of benzene rings is 2. The van der Waals surface area contributed by atoms with Crippen molar-refractivity contribution in [3.63, 3.8) is 0 Å². The lowest BCUT2D eigenvalue weighted by molar-refractivity contribution is 0.0843. The highest BCUT2D eigenvalue weighted by atomic mass is 35.5. The van der Waals surface area contributed by atoms with Gasteiger partial charge < -0.3 is 4.74 Å². The Bertz CT molecular complexity index is 958. The van der Waals surface area contributed by atoms with E-state index in [0.717, 1.165) is 5.56 Å². The van der Waals surface area contributed by atoms with E-state index < -0.39 is 11.8 Å². The molecule has 0 aliphatic heterocycles. The van der Waals surface area contributed by atoms with Crippen LogP contribution in [0.15, 0.2) is 60.9 Å². The van der Waals surface area contributed by atoms with Crippen LogP contribution in [0.25, 0.3) is 0 Å². The molecule has 0 spiro atoms. The molecule has 0 atom stereocenters. The molecule has 0 aliphatic carbocycles. The fourth-order valence-electron chi connectivity index (χ4n) is 2.21.